The average Bonchev–Trinajstić information content (AvgIpc) is 2.56. The van der Waals surface area contributed by atoms with Crippen molar-refractivity contribution in [3.8, 4) is 0 Å². The number of aliphatic hydroxyl groups excluding tert-OH is 1. The SMILES string of the molecule is CC(C)n1ncc(Cl)c1C(O)CCCCl. The molecule has 86 valence electrons. The zero-order chi connectivity index (χ0) is 11.4. The summed E-state index contributed by atoms with van der Waals surface area (Å²) in [7, 11) is 0. The van der Waals surface area contributed by atoms with E-state index in [2.05, 4.69) is 5.10 Å². The lowest BCUT2D eigenvalue weighted by Crippen LogP contribution is -2.11. The second-order valence-electron chi connectivity index (χ2n) is 3.76. The molecule has 0 aliphatic carbocycles. The number of hydrogen-bond donors (Lipinski definition) is 1. The molecule has 1 atom stereocenters. The molecule has 0 bridgehead atoms. The summed E-state index contributed by atoms with van der Waals surface area (Å²) in [5.74, 6) is 0.546. The van der Waals surface area contributed by atoms with Crippen LogP contribution in [0.15, 0.2) is 6.20 Å². The van der Waals surface area contributed by atoms with E-state index in [0.717, 1.165) is 6.42 Å². The van der Waals surface area contributed by atoms with Gasteiger partial charge in [0, 0.05) is 11.9 Å². The van der Waals surface area contributed by atoms with Gasteiger partial charge in [-0.25, -0.2) is 0 Å². The molecule has 1 heterocycles. The van der Waals surface area contributed by atoms with Crippen LogP contribution < -0.4 is 0 Å². The highest BCUT2D eigenvalue weighted by Crippen LogP contribution is 2.28. The molecule has 1 unspecified atom stereocenters. The molecule has 15 heavy (non-hydrogen) atoms. The number of halogens is 2. The van der Waals surface area contributed by atoms with Crippen LogP contribution in [0.2, 0.25) is 5.02 Å². The Kier molecular flexibility index (Phi) is 4.90. The normalized spacial score (nSPS) is 13.5. The van der Waals surface area contributed by atoms with Gasteiger partial charge >= 0.3 is 0 Å². The molecule has 1 rings (SSSR count). The van der Waals surface area contributed by atoms with Gasteiger partial charge in [0.05, 0.1) is 23.0 Å². The average molecular weight is 251 g/mol. The van der Waals surface area contributed by atoms with Gasteiger partial charge in [0.2, 0.25) is 0 Å². The first kappa shape index (κ1) is 12.8. The molecule has 3 nitrogen and oxygen atoms in total. The number of aromatic nitrogens is 2. The Labute approximate surface area is 100.0 Å². The highest BCUT2D eigenvalue weighted by molar-refractivity contribution is 6.31. The van der Waals surface area contributed by atoms with Crippen molar-refractivity contribution in [2.24, 2.45) is 0 Å². The maximum Gasteiger partial charge on any atom is 0.0972 e. The molecule has 0 spiro atoms. The van der Waals surface area contributed by atoms with E-state index < -0.39 is 6.10 Å². The number of aliphatic hydroxyl groups is 1. The maximum atomic E-state index is 9.95. The Hall–Kier alpha value is -0.250. The molecule has 0 fully saturated rings. The fourth-order valence-corrected chi connectivity index (χ4v) is 1.89. The molecule has 0 amide bonds. The molecule has 0 radical (unpaired) electrons. The first-order chi connectivity index (χ1) is 7.07. The molecule has 0 aliphatic rings. The van der Waals surface area contributed by atoms with E-state index in [0.29, 0.717) is 23.0 Å². The Bertz CT molecular complexity index is 312. The van der Waals surface area contributed by atoms with Crippen LogP contribution >= 0.6 is 23.2 Å². The fourth-order valence-electron chi connectivity index (χ4n) is 1.48. The van der Waals surface area contributed by atoms with Crippen LogP contribution in [-0.4, -0.2) is 20.8 Å². The molecule has 1 aromatic heterocycles. The Balaban J connectivity index is 2.85. The number of rotatable bonds is 5. The predicted molar refractivity (Wildman–Crippen MR) is 62.5 cm³/mol. The van der Waals surface area contributed by atoms with E-state index in [4.69, 9.17) is 23.2 Å². The van der Waals surface area contributed by atoms with Gasteiger partial charge in [-0.1, -0.05) is 11.6 Å². The van der Waals surface area contributed by atoms with E-state index in [-0.39, 0.29) is 6.04 Å². The van der Waals surface area contributed by atoms with Crippen LogP contribution in [0.3, 0.4) is 0 Å². The van der Waals surface area contributed by atoms with E-state index in [1.165, 1.54) is 0 Å². The maximum absolute atomic E-state index is 9.95. The zero-order valence-electron chi connectivity index (χ0n) is 8.95. The van der Waals surface area contributed by atoms with Crippen molar-refractivity contribution in [2.75, 3.05) is 5.88 Å². The van der Waals surface area contributed by atoms with Gasteiger partial charge in [0.15, 0.2) is 0 Å². The predicted octanol–water partition coefficient (Wildman–Crippen LogP) is 3.17. The topological polar surface area (TPSA) is 38.0 Å². The van der Waals surface area contributed by atoms with Gasteiger partial charge < -0.3 is 5.11 Å². The van der Waals surface area contributed by atoms with Crippen molar-refractivity contribution in [2.45, 2.75) is 38.8 Å². The van der Waals surface area contributed by atoms with Crippen molar-refractivity contribution in [3.05, 3.63) is 16.9 Å². The molecule has 5 heteroatoms. The van der Waals surface area contributed by atoms with Crippen molar-refractivity contribution < 1.29 is 5.11 Å². The smallest absolute Gasteiger partial charge is 0.0972 e. The third kappa shape index (κ3) is 3.10. The molecule has 1 N–H and O–H groups in total. The van der Waals surface area contributed by atoms with Gasteiger partial charge in [-0.2, -0.15) is 5.10 Å². The van der Waals surface area contributed by atoms with Crippen molar-refractivity contribution in [1.29, 1.82) is 0 Å². The molecular formula is C10H16Cl2N2O. The molecule has 0 aliphatic heterocycles. The largest absolute Gasteiger partial charge is 0.387 e. The number of alkyl halides is 1. The summed E-state index contributed by atoms with van der Waals surface area (Å²) in [6, 6.07) is 0.193. The Morgan fingerprint density at radius 1 is 1.53 bits per heavy atom. The molecular weight excluding hydrogens is 235 g/mol. The molecule has 0 saturated carbocycles. The lowest BCUT2D eigenvalue weighted by Gasteiger charge is -2.16. The van der Waals surface area contributed by atoms with Gasteiger partial charge in [-0.05, 0) is 26.7 Å². The van der Waals surface area contributed by atoms with Crippen LogP contribution in [0.4, 0.5) is 0 Å². The summed E-state index contributed by atoms with van der Waals surface area (Å²) >= 11 is 11.6. The van der Waals surface area contributed by atoms with Crippen LogP contribution in [0, 0.1) is 0 Å². The van der Waals surface area contributed by atoms with E-state index in [9.17, 15) is 5.11 Å². The van der Waals surface area contributed by atoms with E-state index >= 15 is 0 Å². The van der Waals surface area contributed by atoms with Crippen LogP contribution in [0.1, 0.15) is 44.5 Å². The third-order valence-corrected chi connectivity index (χ3v) is 2.76. The van der Waals surface area contributed by atoms with Crippen LogP contribution in [-0.2, 0) is 0 Å². The fraction of sp³-hybridized carbons (Fsp3) is 0.700. The monoisotopic (exact) mass is 250 g/mol. The van der Waals surface area contributed by atoms with Crippen molar-refractivity contribution in [1.82, 2.24) is 9.78 Å². The van der Waals surface area contributed by atoms with Gasteiger partial charge in [0.25, 0.3) is 0 Å². The molecule has 0 saturated heterocycles. The first-order valence-corrected chi connectivity index (χ1v) is 5.96. The lowest BCUT2D eigenvalue weighted by molar-refractivity contribution is 0.153. The summed E-state index contributed by atoms with van der Waals surface area (Å²) < 4.78 is 1.75. The minimum absolute atomic E-state index is 0.193. The van der Waals surface area contributed by atoms with Gasteiger partial charge in [-0.15, -0.1) is 11.6 Å². The Morgan fingerprint density at radius 2 is 2.20 bits per heavy atom. The third-order valence-electron chi connectivity index (χ3n) is 2.20. The number of hydrogen-bond acceptors (Lipinski definition) is 2. The van der Waals surface area contributed by atoms with Crippen molar-refractivity contribution >= 4 is 23.2 Å². The quantitative estimate of drug-likeness (QED) is 0.816. The van der Waals surface area contributed by atoms with Crippen LogP contribution in [0.25, 0.3) is 0 Å². The van der Waals surface area contributed by atoms with Gasteiger partial charge in [-0.3, -0.25) is 4.68 Å². The van der Waals surface area contributed by atoms with Crippen LogP contribution in [0.5, 0.6) is 0 Å². The summed E-state index contributed by atoms with van der Waals surface area (Å²) in [5.41, 5.74) is 0.691. The minimum atomic E-state index is -0.582. The molecule has 0 aromatic carbocycles. The minimum Gasteiger partial charge on any atom is -0.387 e. The lowest BCUT2D eigenvalue weighted by atomic mass is 10.1. The highest BCUT2D eigenvalue weighted by Gasteiger charge is 2.18. The van der Waals surface area contributed by atoms with E-state index in [1.807, 2.05) is 13.8 Å². The summed E-state index contributed by atoms with van der Waals surface area (Å²) in [6.45, 7) is 4.00. The standard InChI is InChI=1S/C10H16Cl2N2O/c1-7(2)14-10(8(12)6-13-14)9(15)4-3-5-11/h6-7,9,15H,3-5H2,1-2H3. The highest BCUT2D eigenvalue weighted by atomic mass is 35.5. The van der Waals surface area contributed by atoms with Crippen molar-refractivity contribution in [3.63, 3.8) is 0 Å². The summed E-state index contributed by atoms with van der Waals surface area (Å²) in [6.07, 6.45) is 2.37. The van der Waals surface area contributed by atoms with E-state index in [1.54, 1.807) is 10.9 Å². The first-order valence-electron chi connectivity index (χ1n) is 5.04. The summed E-state index contributed by atoms with van der Waals surface area (Å²) in [4.78, 5) is 0. The second kappa shape index (κ2) is 5.73. The zero-order valence-corrected chi connectivity index (χ0v) is 10.5. The summed E-state index contributed by atoms with van der Waals surface area (Å²) in [5, 5.41) is 14.6. The molecule has 1 aromatic rings. The Morgan fingerprint density at radius 3 is 2.73 bits per heavy atom. The second-order valence-corrected chi connectivity index (χ2v) is 4.55. The van der Waals surface area contributed by atoms with Gasteiger partial charge in [0.1, 0.15) is 0 Å². The number of nitrogens with zero attached hydrogens (tertiary/aromatic N) is 2.